The quantitative estimate of drug-likeness (QED) is 0.460. The van der Waals surface area contributed by atoms with E-state index in [0.29, 0.717) is 52.5 Å². The number of aromatic nitrogens is 2. The van der Waals surface area contributed by atoms with E-state index in [-0.39, 0.29) is 17.1 Å². The number of para-hydroxylation sites is 2. The van der Waals surface area contributed by atoms with Crippen LogP contribution in [-0.4, -0.2) is 32.9 Å². The number of fused-ring (bicyclic) bond motifs is 7. The highest BCUT2D eigenvalue weighted by Crippen LogP contribution is 2.58. The minimum Gasteiger partial charge on any atom is -0.384 e. The lowest BCUT2D eigenvalue weighted by atomic mass is 9.70. The first-order chi connectivity index (χ1) is 15.1. The Bertz CT molecular complexity index is 1440. The normalized spacial score (nSPS) is 21.1. The second kappa shape index (κ2) is 5.79. The molecule has 0 radical (unpaired) electrons. The average molecular weight is 409 g/mol. The van der Waals surface area contributed by atoms with E-state index in [1.54, 1.807) is 23.1 Å². The van der Waals surface area contributed by atoms with Gasteiger partial charge >= 0.3 is 5.70 Å². The molecular weight excluding hydrogens is 394 g/mol. The van der Waals surface area contributed by atoms with Crippen molar-refractivity contribution in [2.24, 2.45) is 5.73 Å². The summed E-state index contributed by atoms with van der Waals surface area (Å²) in [5.41, 5.74) is 8.33. The first-order valence-electron chi connectivity index (χ1n) is 9.77. The average Bonchev–Trinajstić information content (AvgIpc) is 3.36. The lowest BCUT2D eigenvalue weighted by Gasteiger charge is -2.36. The lowest BCUT2D eigenvalue weighted by molar-refractivity contribution is -0.436. The minimum atomic E-state index is -1.55. The smallest absolute Gasteiger partial charge is 0.308 e. The van der Waals surface area contributed by atoms with Gasteiger partial charge < -0.3 is 16.0 Å². The zero-order valence-corrected chi connectivity index (χ0v) is 16.2. The van der Waals surface area contributed by atoms with Gasteiger partial charge in [0.2, 0.25) is 0 Å². The number of nitrogens with one attached hydrogen (secondary N) is 1. The topological polar surface area (TPSA) is 134 Å². The molecule has 3 N–H and O–H groups in total. The van der Waals surface area contributed by atoms with Crippen molar-refractivity contribution in [3.8, 4) is 17.3 Å². The molecule has 2 aromatic carbocycles. The van der Waals surface area contributed by atoms with Crippen molar-refractivity contribution in [1.29, 1.82) is 5.26 Å². The van der Waals surface area contributed by atoms with Crippen LogP contribution in [0.25, 0.3) is 22.3 Å². The fourth-order valence-corrected chi connectivity index (χ4v) is 5.02. The molecule has 150 valence electrons. The number of rotatable bonds is 1. The van der Waals surface area contributed by atoms with Crippen molar-refractivity contribution in [3.63, 3.8) is 0 Å². The molecule has 1 spiro atoms. The summed E-state index contributed by atoms with van der Waals surface area (Å²) in [4.78, 5) is 23.4. The fourth-order valence-electron chi connectivity index (χ4n) is 5.02. The molecule has 1 atom stereocenters. The number of benzene rings is 2. The Hall–Kier alpha value is -4.45. The van der Waals surface area contributed by atoms with Crippen molar-refractivity contribution in [2.45, 2.75) is 5.41 Å². The third kappa shape index (κ3) is 1.94. The lowest BCUT2D eigenvalue weighted by Crippen LogP contribution is -2.46. The number of nitro groups is 1. The van der Waals surface area contributed by atoms with Gasteiger partial charge in [0.25, 0.3) is 0 Å². The molecule has 9 heteroatoms. The number of nitriles is 1. The predicted octanol–water partition coefficient (Wildman–Crippen LogP) is 1.95. The molecule has 0 saturated carbocycles. The maximum atomic E-state index is 12.6. The largest absolute Gasteiger partial charge is 0.384 e. The Kier molecular flexibility index (Phi) is 3.25. The van der Waals surface area contributed by atoms with Crippen molar-refractivity contribution in [1.82, 2.24) is 20.2 Å². The molecule has 1 aromatic heterocycles. The second-order valence-corrected chi connectivity index (χ2v) is 7.61. The van der Waals surface area contributed by atoms with Crippen LogP contribution < -0.4 is 11.1 Å². The summed E-state index contributed by atoms with van der Waals surface area (Å²) in [7, 11) is 0. The molecule has 3 aromatic rings. The highest BCUT2D eigenvalue weighted by molar-refractivity contribution is 5.88. The van der Waals surface area contributed by atoms with E-state index in [1.165, 1.54) is 0 Å². The van der Waals surface area contributed by atoms with Crippen LogP contribution in [0, 0.1) is 21.4 Å². The second-order valence-electron chi connectivity index (χ2n) is 7.61. The van der Waals surface area contributed by atoms with Crippen molar-refractivity contribution >= 4 is 11.0 Å². The predicted molar refractivity (Wildman–Crippen MR) is 111 cm³/mol. The van der Waals surface area contributed by atoms with Crippen molar-refractivity contribution in [3.05, 3.63) is 92.8 Å². The molecule has 0 bridgehead atoms. The number of hydrogen-bond donors (Lipinski definition) is 2. The molecule has 6 rings (SSSR count). The molecule has 0 amide bonds. The molecule has 9 nitrogen and oxygen atoms in total. The zero-order chi connectivity index (χ0) is 21.3. The molecule has 2 aliphatic heterocycles. The summed E-state index contributed by atoms with van der Waals surface area (Å²) in [6.07, 6.45) is 0. The summed E-state index contributed by atoms with van der Waals surface area (Å²) in [6, 6.07) is 16.8. The standard InChI is InChI=1S/C22H15N7O2/c23-11-14-20(24)28-10-9-25-21(28)19(29(30)31)22(14)13-6-2-1-5-12(13)17-18(22)27-16-8-4-3-7-15(16)26-17/h1-8,25H,9-10,24H2. The van der Waals surface area contributed by atoms with Gasteiger partial charge in [-0.1, -0.05) is 36.4 Å². The van der Waals surface area contributed by atoms with Gasteiger partial charge in [-0.25, -0.2) is 9.97 Å². The Balaban J connectivity index is 1.85. The molecule has 3 aliphatic rings. The Morgan fingerprint density at radius 2 is 1.87 bits per heavy atom. The van der Waals surface area contributed by atoms with E-state index in [9.17, 15) is 15.4 Å². The van der Waals surface area contributed by atoms with Gasteiger partial charge in [-0.3, -0.25) is 10.1 Å². The van der Waals surface area contributed by atoms with Gasteiger partial charge in [0.1, 0.15) is 11.9 Å². The summed E-state index contributed by atoms with van der Waals surface area (Å²) >= 11 is 0. The van der Waals surface area contributed by atoms with Crippen LogP contribution in [0.3, 0.4) is 0 Å². The maximum Gasteiger partial charge on any atom is 0.308 e. The van der Waals surface area contributed by atoms with Gasteiger partial charge in [0.15, 0.2) is 11.2 Å². The fraction of sp³-hybridized carbons (Fsp3) is 0.136. The van der Waals surface area contributed by atoms with E-state index in [1.807, 2.05) is 30.3 Å². The van der Waals surface area contributed by atoms with Crippen LogP contribution in [0.1, 0.15) is 11.3 Å². The highest BCUT2D eigenvalue weighted by atomic mass is 16.6. The summed E-state index contributed by atoms with van der Waals surface area (Å²) in [5.74, 6) is 0.504. The van der Waals surface area contributed by atoms with Gasteiger partial charge in [-0.2, -0.15) is 5.26 Å². The Morgan fingerprint density at radius 1 is 1.16 bits per heavy atom. The van der Waals surface area contributed by atoms with E-state index in [2.05, 4.69) is 11.4 Å². The van der Waals surface area contributed by atoms with Crippen molar-refractivity contribution in [2.75, 3.05) is 13.1 Å². The highest BCUT2D eigenvalue weighted by Gasteiger charge is 2.63. The van der Waals surface area contributed by atoms with Gasteiger partial charge in [-0.05, 0) is 17.7 Å². The van der Waals surface area contributed by atoms with Gasteiger partial charge in [-0.15, -0.1) is 0 Å². The monoisotopic (exact) mass is 409 g/mol. The van der Waals surface area contributed by atoms with Crippen LogP contribution in [0.2, 0.25) is 0 Å². The third-order valence-corrected chi connectivity index (χ3v) is 6.21. The van der Waals surface area contributed by atoms with E-state index in [0.717, 1.165) is 0 Å². The first-order valence-corrected chi connectivity index (χ1v) is 9.77. The molecule has 1 saturated heterocycles. The molecule has 3 heterocycles. The summed E-state index contributed by atoms with van der Waals surface area (Å²) in [5, 5.41) is 25.9. The van der Waals surface area contributed by atoms with E-state index < -0.39 is 10.3 Å². The van der Waals surface area contributed by atoms with E-state index >= 15 is 0 Å². The van der Waals surface area contributed by atoms with Gasteiger partial charge in [0.05, 0.1) is 32.9 Å². The van der Waals surface area contributed by atoms with Crippen LogP contribution >= 0.6 is 0 Å². The number of nitrogens with zero attached hydrogens (tertiary/aromatic N) is 5. The maximum absolute atomic E-state index is 12.6. The summed E-state index contributed by atoms with van der Waals surface area (Å²) < 4.78 is 0. The third-order valence-electron chi connectivity index (χ3n) is 6.21. The number of hydrogen-bond acceptors (Lipinski definition) is 8. The molecule has 1 fully saturated rings. The molecule has 1 unspecified atom stereocenters. The number of allylic oxidation sites excluding steroid dienone is 1. The SMILES string of the molecule is N#CC1=C(N)N2CCNC2=C([N+](=O)[O-])C12c1ccccc1-c1nc3ccccc3nc12. The van der Waals surface area contributed by atoms with Crippen LogP contribution in [0.5, 0.6) is 0 Å². The zero-order valence-electron chi connectivity index (χ0n) is 16.2. The molecule has 31 heavy (non-hydrogen) atoms. The molecular formula is C22H15N7O2. The van der Waals surface area contributed by atoms with Gasteiger partial charge in [0, 0.05) is 18.7 Å². The van der Waals surface area contributed by atoms with Crippen molar-refractivity contribution < 1.29 is 4.92 Å². The minimum absolute atomic E-state index is 0.0995. The number of nitrogens with two attached hydrogens (primary N) is 1. The Morgan fingerprint density at radius 3 is 2.61 bits per heavy atom. The first kappa shape index (κ1) is 17.4. The van der Waals surface area contributed by atoms with Crippen LogP contribution in [-0.2, 0) is 5.41 Å². The Labute approximate surface area is 176 Å². The molecule has 1 aliphatic carbocycles. The van der Waals surface area contributed by atoms with Crippen LogP contribution in [0.4, 0.5) is 0 Å². The van der Waals surface area contributed by atoms with Crippen LogP contribution in [0.15, 0.2) is 71.4 Å². The van der Waals surface area contributed by atoms with E-state index in [4.69, 9.17) is 15.7 Å². The summed E-state index contributed by atoms with van der Waals surface area (Å²) in [6.45, 7) is 0.928.